The van der Waals surface area contributed by atoms with Crippen LogP contribution in [0.25, 0.3) is 0 Å². The molecule has 1 atom stereocenters. The van der Waals surface area contributed by atoms with Crippen molar-refractivity contribution < 1.29 is 18.0 Å². The molecule has 0 aliphatic heterocycles. The van der Waals surface area contributed by atoms with Crippen molar-refractivity contribution in [3.8, 4) is 0 Å². The lowest BCUT2D eigenvalue weighted by Gasteiger charge is -2.34. The van der Waals surface area contributed by atoms with Crippen LogP contribution < -0.4 is 9.62 Å². The van der Waals surface area contributed by atoms with Gasteiger partial charge in [-0.3, -0.25) is 13.9 Å². The van der Waals surface area contributed by atoms with E-state index < -0.39 is 28.5 Å². The summed E-state index contributed by atoms with van der Waals surface area (Å²) in [6, 6.07) is 28.3. The van der Waals surface area contributed by atoms with Gasteiger partial charge in [-0.2, -0.15) is 0 Å². The van der Waals surface area contributed by atoms with Gasteiger partial charge < -0.3 is 10.2 Å². The van der Waals surface area contributed by atoms with Gasteiger partial charge in [-0.25, -0.2) is 8.42 Å². The zero-order chi connectivity index (χ0) is 33.4. The molecule has 0 unspecified atom stereocenters. The van der Waals surface area contributed by atoms with Crippen molar-refractivity contribution in [2.75, 3.05) is 17.4 Å². The largest absolute Gasteiger partial charge is 0.354 e. The molecule has 4 aromatic carbocycles. The first kappa shape index (κ1) is 34.9. The van der Waals surface area contributed by atoms with Gasteiger partial charge in [0.25, 0.3) is 10.0 Å². The smallest absolute Gasteiger partial charge is 0.264 e. The van der Waals surface area contributed by atoms with Gasteiger partial charge in [-0.15, -0.1) is 0 Å². The molecule has 0 saturated heterocycles. The zero-order valence-electron chi connectivity index (χ0n) is 27.0. The summed E-state index contributed by atoms with van der Waals surface area (Å²) < 4.78 is 30.6. The van der Waals surface area contributed by atoms with Gasteiger partial charge in [0.05, 0.1) is 10.6 Å². The molecule has 0 saturated carbocycles. The van der Waals surface area contributed by atoms with Crippen molar-refractivity contribution in [3.63, 3.8) is 0 Å². The van der Waals surface area contributed by atoms with Crippen LogP contribution in [0.1, 0.15) is 41.7 Å². The number of carbonyl (C=O) groups excluding carboxylic acids is 2. The molecule has 0 aliphatic rings. The third kappa shape index (κ3) is 9.30. The van der Waals surface area contributed by atoms with E-state index in [1.54, 1.807) is 36.4 Å². The fraction of sp³-hybridized carbons (Fsp3) is 0.297. The molecule has 242 valence electrons. The first-order valence-electron chi connectivity index (χ1n) is 15.4. The van der Waals surface area contributed by atoms with Crippen LogP contribution in [0.5, 0.6) is 0 Å². The topological polar surface area (TPSA) is 86.8 Å². The van der Waals surface area contributed by atoms with Gasteiger partial charge in [0, 0.05) is 24.0 Å². The number of sulfonamides is 1. The van der Waals surface area contributed by atoms with E-state index >= 15 is 0 Å². The van der Waals surface area contributed by atoms with Crippen LogP contribution >= 0.6 is 15.9 Å². The lowest BCUT2D eigenvalue weighted by molar-refractivity contribution is -0.140. The number of carbonyl (C=O) groups is 2. The lowest BCUT2D eigenvalue weighted by Crippen LogP contribution is -2.53. The highest BCUT2D eigenvalue weighted by atomic mass is 79.9. The first-order chi connectivity index (χ1) is 21.8. The van der Waals surface area contributed by atoms with Crippen LogP contribution in [-0.4, -0.2) is 44.3 Å². The van der Waals surface area contributed by atoms with Crippen molar-refractivity contribution in [1.29, 1.82) is 0 Å². The summed E-state index contributed by atoms with van der Waals surface area (Å²) in [6.45, 7) is 9.76. The van der Waals surface area contributed by atoms with Crippen LogP contribution in [0.15, 0.2) is 106 Å². The predicted molar refractivity (Wildman–Crippen MR) is 188 cm³/mol. The molecule has 0 fully saturated rings. The van der Waals surface area contributed by atoms with E-state index in [9.17, 15) is 18.0 Å². The van der Waals surface area contributed by atoms with Gasteiger partial charge in [0.2, 0.25) is 11.8 Å². The molecule has 0 bridgehead atoms. The fourth-order valence-electron chi connectivity index (χ4n) is 5.22. The van der Waals surface area contributed by atoms with Crippen LogP contribution in [-0.2, 0) is 32.6 Å². The van der Waals surface area contributed by atoms with Crippen molar-refractivity contribution in [2.45, 2.75) is 58.5 Å². The fourth-order valence-corrected chi connectivity index (χ4v) is 6.89. The Balaban J connectivity index is 1.82. The second kappa shape index (κ2) is 15.6. The average molecular weight is 705 g/mol. The molecular formula is C37H42BrN3O4S. The number of rotatable bonds is 13. The summed E-state index contributed by atoms with van der Waals surface area (Å²) in [6.07, 6.45) is 0.265. The molecule has 1 N–H and O–H groups in total. The summed E-state index contributed by atoms with van der Waals surface area (Å²) >= 11 is 3.47. The maximum absolute atomic E-state index is 14.6. The molecule has 2 amide bonds. The minimum atomic E-state index is -4.16. The van der Waals surface area contributed by atoms with Crippen LogP contribution in [0.2, 0.25) is 0 Å². The van der Waals surface area contributed by atoms with Gasteiger partial charge in [0.1, 0.15) is 12.6 Å². The number of aryl methyl sites for hydroxylation is 3. The third-order valence-electron chi connectivity index (χ3n) is 7.60. The van der Waals surface area contributed by atoms with Crippen molar-refractivity contribution in [3.05, 3.63) is 129 Å². The predicted octanol–water partition coefficient (Wildman–Crippen LogP) is 6.98. The standard InChI is InChI=1S/C37H42BrN3O4S/c1-26(2)23-39-37(43)35(22-30-9-7-6-8-10-30)40(24-31-13-15-32(38)16-14-31)36(42)25-41(33-20-28(4)19-29(5)21-33)46(44,45)34-17-11-27(3)12-18-34/h6-21,26,35H,22-25H2,1-5H3,(H,39,43)/t35-/m0/s1. The van der Waals surface area contributed by atoms with E-state index in [4.69, 9.17) is 0 Å². The highest BCUT2D eigenvalue weighted by molar-refractivity contribution is 9.10. The average Bonchev–Trinajstić information content (AvgIpc) is 3.01. The van der Waals surface area contributed by atoms with Gasteiger partial charge in [-0.1, -0.05) is 96.0 Å². The molecule has 4 rings (SSSR count). The molecule has 7 nitrogen and oxygen atoms in total. The molecule has 0 radical (unpaired) electrons. The van der Waals surface area contributed by atoms with Crippen molar-refractivity contribution >= 4 is 43.5 Å². The van der Waals surface area contributed by atoms with Gasteiger partial charge in [-0.05, 0) is 85.3 Å². The van der Waals surface area contributed by atoms with Gasteiger partial charge >= 0.3 is 0 Å². The second-order valence-electron chi connectivity index (χ2n) is 12.2. The number of nitrogens with one attached hydrogen (secondary N) is 1. The Morgan fingerprint density at radius 1 is 0.783 bits per heavy atom. The van der Waals surface area contributed by atoms with Crippen LogP contribution in [0.4, 0.5) is 5.69 Å². The summed E-state index contributed by atoms with van der Waals surface area (Å²) in [5.74, 6) is -0.572. The minimum absolute atomic E-state index is 0.0834. The first-order valence-corrected chi connectivity index (χ1v) is 17.6. The molecule has 0 aliphatic carbocycles. The Kier molecular flexibility index (Phi) is 11.8. The number of hydrogen-bond acceptors (Lipinski definition) is 4. The van der Waals surface area contributed by atoms with Crippen LogP contribution in [0.3, 0.4) is 0 Å². The monoisotopic (exact) mass is 703 g/mol. The maximum Gasteiger partial charge on any atom is 0.264 e. The summed E-state index contributed by atoms with van der Waals surface area (Å²) in [5.41, 5.74) is 4.75. The Hall–Kier alpha value is -3.95. The molecular weight excluding hydrogens is 662 g/mol. The summed E-state index contributed by atoms with van der Waals surface area (Å²) in [7, 11) is -4.16. The Morgan fingerprint density at radius 3 is 1.98 bits per heavy atom. The molecule has 4 aromatic rings. The molecule has 0 aromatic heterocycles. The zero-order valence-corrected chi connectivity index (χ0v) is 29.4. The number of anilines is 1. The van der Waals surface area contributed by atoms with Gasteiger partial charge in [0.15, 0.2) is 0 Å². The van der Waals surface area contributed by atoms with E-state index in [1.165, 1.54) is 9.21 Å². The molecule has 0 heterocycles. The SMILES string of the molecule is Cc1ccc(S(=O)(=O)N(CC(=O)N(Cc2ccc(Br)cc2)[C@@H](Cc2ccccc2)C(=O)NCC(C)C)c2cc(C)cc(C)c2)cc1. The van der Waals surface area contributed by atoms with E-state index in [2.05, 4.69) is 21.2 Å². The number of nitrogens with zero attached hydrogens (tertiary/aromatic N) is 2. The van der Waals surface area contributed by atoms with E-state index in [0.29, 0.717) is 12.2 Å². The number of halogens is 1. The second-order valence-corrected chi connectivity index (χ2v) is 14.9. The van der Waals surface area contributed by atoms with Crippen molar-refractivity contribution in [2.24, 2.45) is 5.92 Å². The van der Waals surface area contributed by atoms with Crippen LogP contribution in [0, 0.1) is 26.7 Å². The highest BCUT2D eigenvalue weighted by Gasteiger charge is 2.34. The molecule has 9 heteroatoms. The normalized spacial score (nSPS) is 12.1. The Bertz CT molecular complexity index is 1720. The van der Waals surface area contributed by atoms with Crippen molar-refractivity contribution in [1.82, 2.24) is 10.2 Å². The Morgan fingerprint density at radius 2 is 1.39 bits per heavy atom. The number of benzene rings is 4. The Labute approximate surface area is 281 Å². The van der Waals surface area contributed by atoms with E-state index in [1.807, 2.05) is 95.3 Å². The quantitative estimate of drug-likeness (QED) is 0.163. The highest BCUT2D eigenvalue weighted by Crippen LogP contribution is 2.27. The van der Waals surface area contributed by atoms with E-state index in [-0.39, 0.29) is 29.7 Å². The lowest BCUT2D eigenvalue weighted by atomic mass is 10.0. The minimum Gasteiger partial charge on any atom is -0.354 e. The van der Waals surface area contributed by atoms with E-state index in [0.717, 1.165) is 32.3 Å². The number of amides is 2. The summed E-state index contributed by atoms with van der Waals surface area (Å²) in [4.78, 5) is 30.1. The number of hydrogen-bond donors (Lipinski definition) is 1. The summed E-state index contributed by atoms with van der Waals surface area (Å²) in [5, 5.41) is 3.02. The maximum atomic E-state index is 14.6. The molecule has 46 heavy (non-hydrogen) atoms. The molecule has 0 spiro atoms. The third-order valence-corrected chi connectivity index (χ3v) is 9.92.